The molecule has 0 radical (unpaired) electrons. The van der Waals surface area contributed by atoms with E-state index in [1.165, 1.54) is 5.56 Å². The van der Waals surface area contributed by atoms with Gasteiger partial charge in [0.1, 0.15) is 0 Å². The fourth-order valence-corrected chi connectivity index (χ4v) is 3.01. The Bertz CT molecular complexity index is 565. The van der Waals surface area contributed by atoms with Crippen LogP contribution >= 0.6 is 22.9 Å². The lowest BCUT2D eigenvalue weighted by atomic mass is 9.94. The van der Waals surface area contributed by atoms with Crippen molar-refractivity contribution in [2.24, 2.45) is 0 Å². The average molecular weight is 264 g/mol. The van der Waals surface area contributed by atoms with Crippen molar-refractivity contribution in [2.75, 3.05) is 5.32 Å². The van der Waals surface area contributed by atoms with E-state index in [0.717, 1.165) is 17.7 Å². The van der Waals surface area contributed by atoms with Gasteiger partial charge in [0.2, 0.25) is 5.91 Å². The highest BCUT2D eigenvalue weighted by atomic mass is 35.5. The van der Waals surface area contributed by atoms with E-state index in [-0.39, 0.29) is 11.8 Å². The molecule has 1 aliphatic heterocycles. The van der Waals surface area contributed by atoms with Crippen molar-refractivity contribution in [3.8, 4) is 0 Å². The standard InChI is InChI=1S/C13H10ClNOS/c14-9-1-2-12-10(6-9)11(13(16)15-12)5-8-3-4-17-7-8/h1-4,6-7,11H,5H2,(H,15,16). The Kier molecular flexibility index (Phi) is 2.65. The third-order valence-electron chi connectivity index (χ3n) is 2.98. The molecule has 1 aromatic heterocycles. The Morgan fingerprint density at radius 1 is 1.35 bits per heavy atom. The predicted octanol–water partition coefficient (Wildman–Crippen LogP) is 3.68. The topological polar surface area (TPSA) is 29.1 Å². The van der Waals surface area contributed by atoms with Crippen molar-refractivity contribution in [2.45, 2.75) is 12.3 Å². The van der Waals surface area contributed by atoms with E-state index in [2.05, 4.69) is 16.8 Å². The van der Waals surface area contributed by atoms with Crippen LogP contribution in [0.25, 0.3) is 0 Å². The first-order chi connectivity index (χ1) is 8.24. The van der Waals surface area contributed by atoms with E-state index in [4.69, 9.17) is 11.6 Å². The molecule has 0 spiro atoms. The summed E-state index contributed by atoms with van der Waals surface area (Å²) in [5.74, 6) is -0.0493. The van der Waals surface area contributed by atoms with Gasteiger partial charge in [-0.25, -0.2) is 0 Å². The van der Waals surface area contributed by atoms with Crippen LogP contribution in [0.3, 0.4) is 0 Å². The number of amides is 1. The highest BCUT2D eigenvalue weighted by molar-refractivity contribution is 7.07. The van der Waals surface area contributed by atoms with E-state index in [0.29, 0.717) is 5.02 Å². The molecule has 17 heavy (non-hydrogen) atoms. The summed E-state index contributed by atoms with van der Waals surface area (Å²) in [6.07, 6.45) is 0.739. The second-order valence-corrected chi connectivity index (χ2v) is 5.33. The zero-order valence-electron chi connectivity index (χ0n) is 8.94. The van der Waals surface area contributed by atoms with Gasteiger partial charge in [0, 0.05) is 10.7 Å². The van der Waals surface area contributed by atoms with Crippen LogP contribution in [0.15, 0.2) is 35.0 Å². The maximum Gasteiger partial charge on any atom is 0.232 e. The molecule has 1 amide bonds. The third-order valence-corrected chi connectivity index (χ3v) is 3.95. The molecule has 1 unspecified atom stereocenters. The zero-order chi connectivity index (χ0) is 11.8. The van der Waals surface area contributed by atoms with Gasteiger partial charge in [-0.2, -0.15) is 11.3 Å². The van der Waals surface area contributed by atoms with E-state index in [1.807, 2.05) is 17.5 Å². The van der Waals surface area contributed by atoms with E-state index in [9.17, 15) is 4.79 Å². The summed E-state index contributed by atoms with van der Waals surface area (Å²) in [4.78, 5) is 11.9. The average Bonchev–Trinajstić information content (AvgIpc) is 2.90. The van der Waals surface area contributed by atoms with Crippen LogP contribution in [0.4, 0.5) is 5.69 Å². The molecule has 0 bridgehead atoms. The van der Waals surface area contributed by atoms with Crippen molar-refractivity contribution in [1.29, 1.82) is 0 Å². The smallest absolute Gasteiger partial charge is 0.232 e. The number of fused-ring (bicyclic) bond motifs is 1. The molecular formula is C13H10ClNOS. The molecular weight excluding hydrogens is 254 g/mol. The number of halogens is 1. The van der Waals surface area contributed by atoms with Gasteiger partial charge in [-0.1, -0.05) is 11.6 Å². The Balaban J connectivity index is 1.96. The van der Waals surface area contributed by atoms with Crippen molar-refractivity contribution >= 4 is 34.5 Å². The fourth-order valence-electron chi connectivity index (χ4n) is 2.14. The summed E-state index contributed by atoms with van der Waals surface area (Å²) in [6.45, 7) is 0. The van der Waals surface area contributed by atoms with Crippen LogP contribution in [-0.2, 0) is 11.2 Å². The SMILES string of the molecule is O=C1Nc2ccc(Cl)cc2C1Cc1ccsc1. The number of carbonyl (C=O) groups is 1. The van der Waals surface area contributed by atoms with Gasteiger partial charge in [0.25, 0.3) is 0 Å². The molecule has 1 N–H and O–H groups in total. The number of anilines is 1. The van der Waals surface area contributed by atoms with Crippen molar-refractivity contribution in [1.82, 2.24) is 0 Å². The molecule has 0 aliphatic carbocycles. The van der Waals surface area contributed by atoms with Crippen LogP contribution < -0.4 is 5.32 Å². The predicted molar refractivity (Wildman–Crippen MR) is 70.8 cm³/mol. The number of carbonyl (C=O) groups excluding carboxylic acids is 1. The van der Waals surface area contributed by atoms with Gasteiger partial charge in [-0.05, 0) is 52.6 Å². The summed E-state index contributed by atoms with van der Waals surface area (Å²) < 4.78 is 0. The van der Waals surface area contributed by atoms with E-state index >= 15 is 0 Å². The number of nitrogens with one attached hydrogen (secondary N) is 1. The van der Waals surface area contributed by atoms with Crippen LogP contribution in [-0.4, -0.2) is 5.91 Å². The monoisotopic (exact) mass is 263 g/mol. The van der Waals surface area contributed by atoms with E-state index < -0.39 is 0 Å². The maximum absolute atomic E-state index is 11.9. The Morgan fingerprint density at radius 2 is 2.24 bits per heavy atom. The summed E-state index contributed by atoms with van der Waals surface area (Å²) in [5, 5.41) is 7.68. The Labute approximate surface area is 108 Å². The molecule has 4 heteroatoms. The number of hydrogen-bond acceptors (Lipinski definition) is 2. The van der Waals surface area contributed by atoms with Crippen LogP contribution in [0, 0.1) is 0 Å². The maximum atomic E-state index is 11.9. The summed E-state index contributed by atoms with van der Waals surface area (Å²) in [7, 11) is 0. The normalized spacial score (nSPS) is 17.9. The molecule has 2 aromatic rings. The molecule has 0 saturated heterocycles. The lowest BCUT2D eigenvalue weighted by Crippen LogP contribution is -2.13. The molecule has 1 aromatic carbocycles. The molecule has 1 atom stereocenters. The molecule has 3 rings (SSSR count). The lowest BCUT2D eigenvalue weighted by molar-refractivity contribution is -0.117. The van der Waals surface area contributed by atoms with Gasteiger partial charge in [0.15, 0.2) is 0 Å². The molecule has 86 valence electrons. The summed E-state index contributed by atoms with van der Waals surface area (Å²) >= 11 is 7.63. The van der Waals surface area contributed by atoms with Gasteiger partial charge in [-0.3, -0.25) is 4.79 Å². The third kappa shape index (κ3) is 1.96. The molecule has 0 fully saturated rings. The first-order valence-corrected chi connectivity index (χ1v) is 6.67. The van der Waals surface area contributed by atoms with Gasteiger partial charge < -0.3 is 5.32 Å². The van der Waals surface area contributed by atoms with Crippen molar-refractivity contribution in [3.05, 3.63) is 51.2 Å². The first kappa shape index (κ1) is 10.8. The molecule has 1 aliphatic rings. The number of thiophene rings is 1. The fraction of sp³-hybridized carbons (Fsp3) is 0.154. The summed E-state index contributed by atoms with van der Waals surface area (Å²) in [5.41, 5.74) is 3.09. The highest BCUT2D eigenvalue weighted by Crippen LogP contribution is 2.36. The largest absolute Gasteiger partial charge is 0.325 e. The second-order valence-electron chi connectivity index (χ2n) is 4.11. The van der Waals surface area contributed by atoms with Crippen molar-refractivity contribution in [3.63, 3.8) is 0 Å². The number of hydrogen-bond donors (Lipinski definition) is 1. The summed E-state index contributed by atoms with van der Waals surface area (Å²) in [6, 6.07) is 7.60. The minimum atomic E-state index is -0.113. The van der Waals surface area contributed by atoms with E-state index in [1.54, 1.807) is 17.4 Å². The Morgan fingerprint density at radius 3 is 3.00 bits per heavy atom. The van der Waals surface area contributed by atoms with Crippen LogP contribution in [0.2, 0.25) is 5.02 Å². The van der Waals surface area contributed by atoms with Crippen LogP contribution in [0.5, 0.6) is 0 Å². The zero-order valence-corrected chi connectivity index (χ0v) is 10.5. The van der Waals surface area contributed by atoms with Crippen molar-refractivity contribution < 1.29 is 4.79 Å². The van der Waals surface area contributed by atoms with Gasteiger partial charge in [-0.15, -0.1) is 0 Å². The Hall–Kier alpha value is -1.32. The second kappa shape index (κ2) is 4.17. The van der Waals surface area contributed by atoms with Crippen LogP contribution in [0.1, 0.15) is 17.0 Å². The molecule has 2 heterocycles. The molecule has 0 saturated carbocycles. The minimum absolute atomic E-state index is 0.0634. The number of benzene rings is 1. The lowest BCUT2D eigenvalue weighted by Gasteiger charge is -2.07. The van der Waals surface area contributed by atoms with Gasteiger partial charge >= 0.3 is 0 Å². The van der Waals surface area contributed by atoms with Gasteiger partial charge in [0.05, 0.1) is 5.92 Å². The first-order valence-electron chi connectivity index (χ1n) is 5.35. The molecule has 2 nitrogen and oxygen atoms in total. The quantitative estimate of drug-likeness (QED) is 0.880. The minimum Gasteiger partial charge on any atom is -0.325 e. The highest BCUT2D eigenvalue weighted by Gasteiger charge is 2.30. The number of rotatable bonds is 2.